The number of nitrogens with zero attached hydrogens (tertiary/aromatic N) is 7. The highest BCUT2D eigenvalue weighted by atomic mass is 32.2. The summed E-state index contributed by atoms with van der Waals surface area (Å²) in [5.74, 6) is -2.11. The molecule has 2 amide bonds. The van der Waals surface area contributed by atoms with Gasteiger partial charge in [0.1, 0.15) is 41.5 Å². The molecule has 2 aliphatic heterocycles. The van der Waals surface area contributed by atoms with Crippen molar-refractivity contribution < 1.29 is 29.0 Å². The number of carbonyl (C=O) groups excluding carboxylic acids is 2. The second kappa shape index (κ2) is 9.98. The van der Waals surface area contributed by atoms with Crippen molar-refractivity contribution in [1.29, 1.82) is 0 Å². The maximum absolute atomic E-state index is 13.1. The summed E-state index contributed by atoms with van der Waals surface area (Å²) in [6.45, 7) is 0.210. The fraction of sp³-hybridized carbons (Fsp3) is 0.300. The number of aromatic nitrogens is 5. The van der Waals surface area contributed by atoms with Crippen molar-refractivity contribution in [3.63, 3.8) is 0 Å². The zero-order valence-electron chi connectivity index (χ0n) is 19.4. The lowest BCUT2D eigenvalue weighted by molar-refractivity contribution is -0.645. The van der Waals surface area contributed by atoms with Crippen LogP contribution in [-0.4, -0.2) is 83.8 Å². The van der Waals surface area contributed by atoms with Crippen LogP contribution in [0.1, 0.15) is 5.69 Å². The van der Waals surface area contributed by atoms with Gasteiger partial charge in [-0.2, -0.15) is 0 Å². The molecule has 0 bridgehead atoms. The summed E-state index contributed by atoms with van der Waals surface area (Å²) in [4.78, 5) is 48.2. The third-order valence-corrected chi connectivity index (χ3v) is 8.29. The van der Waals surface area contributed by atoms with Gasteiger partial charge < -0.3 is 21.0 Å². The molecule has 2 aliphatic rings. The number of aliphatic carboxylic acids is 1. The largest absolute Gasteiger partial charge is 0.477 e. The van der Waals surface area contributed by atoms with E-state index >= 15 is 0 Å². The fourth-order valence-electron chi connectivity index (χ4n) is 4.00. The summed E-state index contributed by atoms with van der Waals surface area (Å²) in [6, 6.07) is 2.76. The second-order valence-corrected chi connectivity index (χ2v) is 10.6. The van der Waals surface area contributed by atoms with E-state index in [1.165, 1.54) is 40.2 Å². The van der Waals surface area contributed by atoms with Crippen LogP contribution in [-0.2, 0) is 25.8 Å². The quantitative estimate of drug-likeness (QED) is 0.106. The second-order valence-electron chi connectivity index (χ2n) is 7.79. The smallest absolute Gasteiger partial charge is 0.352 e. The number of thiazole rings is 1. The average Bonchev–Trinajstić information content (AvgIpc) is 3.50. The summed E-state index contributed by atoms with van der Waals surface area (Å²) >= 11 is 3.97. The molecule has 5 rings (SSSR count). The maximum atomic E-state index is 13.1. The number of nitrogens with two attached hydrogens (primary N) is 1. The van der Waals surface area contributed by atoms with Gasteiger partial charge in [-0.25, -0.2) is 14.3 Å². The number of oxime groups is 1. The Morgan fingerprint density at radius 2 is 2.24 bits per heavy atom. The molecule has 1 fully saturated rings. The SMILES string of the molecule is CO/N=C(\C(=O)N[C@@H]1C(=O)N2C(C(=O)O)=C(Cn3cn[n+]4nc(SC)ccc34)CS[C@H]12)c1csc(N)n1. The first-order valence-electron chi connectivity index (χ1n) is 10.6. The van der Waals surface area contributed by atoms with E-state index in [0.29, 0.717) is 17.0 Å². The topological polar surface area (TPSA) is 182 Å². The number of rotatable bonds is 8. The van der Waals surface area contributed by atoms with Crippen molar-refractivity contribution in [2.24, 2.45) is 5.16 Å². The first-order valence-corrected chi connectivity index (χ1v) is 13.8. The molecule has 0 aliphatic carbocycles. The van der Waals surface area contributed by atoms with Gasteiger partial charge in [-0.3, -0.25) is 14.5 Å². The molecular formula is C20H20N9O5S3+. The highest BCUT2D eigenvalue weighted by Crippen LogP contribution is 2.40. The zero-order valence-corrected chi connectivity index (χ0v) is 21.8. The number of carboxylic acids is 1. The molecule has 2 atom stereocenters. The molecule has 3 aromatic rings. The molecule has 0 unspecified atom stereocenters. The Labute approximate surface area is 221 Å². The Morgan fingerprint density at radius 1 is 1.43 bits per heavy atom. The molecule has 37 heavy (non-hydrogen) atoms. The number of amides is 2. The fourth-order valence-corrected chi connectivity index (χ4v) is 6.25. The van der Waals surface area contributed by atoms with E-state index in [9.17, 15) is 19.5 Å². The Morgan fingerprint density at radius 3 is 2.92 bits per heavy atom. The van der Waals surface area contributed by atoms with Gasteiger partial charge in [0.15, 0.2) is 10.8 Å². The molecule has 192 valence electrons. The van der Waals surface area contributed by atoms with Crippen LogP contribution < -0.4 is 15.7 Å². The number of β-lactam (4-membered cyclic amide) rings is 1. The van der Waals surface area contributed by atoms with Gasteiger partial charge in [0.25, 0.3) is 11.8 Å². The van der Waals surface area contributed by atoms with E-state index in [2.05, 4.69) is 25.7 Å². The zero-order chi connectivity index (χ0) is 26.3. The van der Waals surface area contributed by atoms with Gasteiger partial charge in [-0.05, 0) is 22.5 Å². The first-order chi connectivity index (χ1) is 17.8. The Bertz CT molecular complexity index is 1480. The molecular weight excluding hydrogens is 542 g/mol. The minimum absolute atomic E-state index is 0.0992. The van der Waals surface area contributed by atoms with Crippen molar-refractivity contribution in [2.45, 2.75) is 23.0 Å². The number of thioether (sulfide) groups is 2. The monoisotopic (exact) mass is 562 g/mol. The minimum atomic E-state index is -1.22. The predicted molar refractivity (Wildman–Crippen MR) is 135 cm³/mol. The molecule has 3 aromatic heterocycles. The summed E-state index contributed by atoms with van der Waals surface area (Å²) < 4.78 is 3.24. The van der Waals surface area contributed by atoms with Gasteiger partial charge >= 0.3 is 11.6 Å². The van der Waals surface area contributed by atoms with E-state index in [1.54, 1.807) is 16.3 Å². The van der Waals surface area contributed by atoms with Crippen LogP contribution in [0.5, 0.6) is 0 Å². The van der Waals surface area contributed by atoms with E-state index in [0.717, 1.165) is 16.4 Å². The molecule has 17 heteroatoms. The lowest BCUT2D eigenvalue weighted by Gasteiger charge is -2.49. The van der Waals surface area contributed by atoms with Crippen molar-refractivity contribution in [1.82, 2.24) is 30.0 Å². The Balaban J connectivity index is 1.37. The van der Waals surface area contributed by atoms with Gasteiger partial charge in [0.05, 0.1) is 0 Å². The van der Waals surface area contributed by atoms with E-state index in [1.807, 2.05) is 18.4 Å². The first kappa shape index (κ1) is 25.0. The third kappa shape index (κ3) is 4.49. The average molecular weight is 563 g/mol. The molecule has 4 N–H and O–H groups in total. The van der Waals surface area contributed by atoms with Crippen LogP contribution in [0.25, 0.3) is 5.65 Å². The lowest BCUT2D eigenvalue weighted by atomic mass is 10.0. The lowest BCUT2D eigenvalue weighted by Crippen LogP contribution is -2.71. The highest BCUT2D eigenvalue weighted by molar-refractivity contribution is 8.00. The molecule has 0 aromatic carbocycles. The van der Waals surface area contributed by atoms with E-state index in [-0.39, 0.29) is 28.8 Å². The van der Waals surface area contributed by atoms with Gasteiger partial charge in [-0.1, -0.05) is 5.16 Å². The van der Waals surface area contributed by atoms with Crippen LogP contribution >= 0.6 is 34.9 Å². The van der Waals surface area contributed by atoms with Crippen LogP contribution in [0.4, 0.5) is 5.13 Å². The summed E-state index contributed by atoms with van der Waals surface area (Å²) in [5.41, 5.74) is 6.84. The minimum Gasteiger partial charge on any atom is -0.477 e. The number of hydrogen-bond donors (Lipinski definition) is 3. The van der Waals surface area contributed by atoms with Gasteiger partial charge in [-0.15, -0.1) is 34.9 Å². The number of hydrogen-bond acceptors (Lipinski definition) is 12. The van der Waals surface area contributed by atoms with Crippen LogP contribution in [0.15, 0.2) is 45.3 Å². The molecule has 1 saturated heterocycles. The van der Waals surface area contributed by atoms with E-state index < -0.39 is 29.2 Å². The Kier molecular flexibility index (Phi) is 6.74. The predicted octanol–water partition coefficient (Wildman–Crippen LogP) is -0.433. The van der Waals surface area contributed by atoms with E-state index in [4.69, 9.17) is 10.6 Å². The number of fused-ring (bicyclic) bond motifs is 2. The van der Waals surface area contributed by atoms with Crippen molar-refractivity contribution in [3.8, 4) is 0 Å². The standard InChI is InChI=1S/C20H19N9O5S3/c1-34-26-13(10-7-37-20(21)23-10)16(30)24-14-17(31)28-15(19(32)33)9(6-36-18(14)28)5-27-8-22-29-12(27)4-3-11(25-29)35-2/h3-4,7-8,14,18H,5-6H2,1-2H3,(H3-,21,23,24,30,32,33)/p+1/b26-13-/t14-,18-/m1/s1. The maximum Gasteiger partial charge on any atom is 0.352 e. The third-order valence-electron chi connectivity index (χ3n) is 5.64. The van der Waals surface area contributed by atoms with Crippen LogP contribution in [0.3, 0.4) is 0 Å². The number of anilines is 1. The molecule has 5 heterocycles. The molecule has 0 saturated carbocycles. The molecule has 14 nitrogen and oxygen atoms in total. The normalized spacial score (nSPS) is 19.6. The number of nitrogen functional groups attached to an aromatic ring is 1. The van der Waals surface area contributed by atoms with Crippen molar-refractivity contribution >= 4 is 69.1 Å². The number of carboxylic acid groups (broad SMARTS) is 1. The summed E-state index contributed by atoms with van der Waals surface area (Å²) in [6.07, 6.45) is 3.48. The highest BCUT2D eigenvalue weighted by Gasteiger charge is 2.54. The van der Waals surface area contributed by atoms with Crippen molar-refractivity contribution in [2.75, 3.05) is 24.9 Å². The summed E-state index contributed by atoms with van der Waals surface area (Å²) in [5, 5.41) is 27.0. The number of carbonyl (C=O) groups is 3. The van der Waals surface area contributed by atoms with Crippen LogP contribution in [0.2, 0.25) is 0 Å². The Hall–Kier alpha value is -3.70. The van der Waals surface area contributed by atoms with Gasteiger partial charge in [0.2, 0.25) is 6.33 Å². The number of nitrogens with one attached hydrogen (secondary N) is 1. The molecule has 0 spiro atoms. The molecule has 0 radical (unpaired) electrons. The van der Waals surface area contributed by atoms with Gasteiger partial charge in [0, 0.05) is 27.4 Å². The van der Waals surface area contributed by atoms with Crippen molar-refractivity contribution in [3.05, 3.63) is 40.8 Å². The van der Waals surface area contributed by atoms with Crippen LogP contribution in [0, 0.1) is 0 Å². The summed E-state index contributed by atoms with van der Waals surface area (Å²) in [7, 11) is 1.28.